The number of rotatable bonds is 6. The molecule has 2 N–H and O–H groups in total. The van der Waals surface area contributed by atoms with E-state index in [4.69, 9.17) is 0 Å². The van der Waals surface area contributed by atoms with Gasteiger partial charge in [0.05, 0.1) is 6.04 Å². The Hall–Kier alpha value is -2.92. The number of hydrogen-bond acceptors (Lipinski definition) is 3. The van der Waals surface area contributed by atoms with Crippen molar-refractivity contribution in [1.82, 2.24) is 15.2 Å². The molecule has 1 amide bonds. The lowest BCUT2D eigenvalue weighted by molar-refractivity contribution is 0.0863. The molecule has 5 heteroatoms. The summed E-state index contributed by atoms with van der Waals surface area (Å²) < 4.78 is 0. The molecule has 0 spiro atoms. The third-order valence-electron chi connectivity index (χ3n) is 4.77. The molecule has 1 atom stereocenters. The molecule has 0 aliphatic rings. The fourth-order valence-corrected chi connectivity index (χ4v) is 3.03. The number of amides is 1. The number of ketones is 1. The normalized spacial score (nSPS) is 12.3. The number of H-pyrrole nitrogens is 1. The van der Waals surface area contributed by atoms with Gasteiger partial charge in [-0.05, 0) is 37.7 Å². The number of Topliss-reactive ketones (excluding diaryl/α,β-unsaturated/α-hetero) is 1. The molecule has 3 rings (SSSR count). The highest BCUT2D eigenvalue weighted by atomic mass is 16.1. The summed E-state index contributed by atoms with van der Waals surface area (Å²) in [6, 6.07) is 15.0. The van der Waals surface area contributed by atoms with Crippen LogP contribution in [0.3, 0.4) is 0 Å². The van der Waals surface area contributed by atoms with Crippen molar-refractivity contribution in [3.05, 3.63) is 71.4 Å². The minimum Gasteiger partial charge on any atom is -0.360 e. The van der Waals surface area contributed by atoms with Crippen molar-refractivity contribution in [2.75, 3.05) is 14.1 Å². The smallest absolute Gasteiger partial charge is 0.251 e. The van der Waals surface area contributed by atoms with E-state index < -0.39 is 0 Å². The predicted molar refractivity (Wildman–Crippen MR) is 103 cm³/mol. The topological polar surface area (TPSA) is 65.2 Å². The summed E-state index contributed by atoms with van der Waals surface area (Å²) in [7, 11) is 3.55. The highest BCUT2D eigenvalue weighted by Crippen LogP contribution is 2.21. The minimum absolute atomic E-state index is 0.0898. The summed E-state index contributed by atoms with van der Waals surface area (Å²) in [4.78, 5) is 29.7. The average molecular weight is 349 g/mol. The fraction of sp³-hybridized carbons (Fsp3) is 0.238. The second kappa shape index (κ2) is 7.54. The highest BCUT2D eigenvalue weighted by molar-refractivity contribution is 6.10. The maximum Gasteiger partial charge on any atom is 0.251 e. The molecule has 1 aromatic heterocycles. The van der Waals surface area contributed by atoms with Crippen LogP contribution in [0.2, 0.25) is 0 Å². The Bertz CT molecular complexity index is 928. The van der Waals surface area contributed by atoms with Crippen molar-refractivity contribution in [3.8, 4) is 0 Å². The first-order chi connectivity index (χ1) is 12.5. The van der Waals surface area contributed by atoms with E-state index in [0.29, 0.717) is 12.1 Å². The zero-order chi connectivity index (χ0) is 18.7. The van der Waals surface area contributed by atoms with Crippen LogP contribution in [0.1, 0.15) is 33.2 Å². The first kappa shape index (κ1) is 17.9. The number of benzene rings is 2. The molecule has 0 aliphatic heterocycles. The first-order valence-corrected chi connectivity index (χ1v) is 8.63. The molecule has 1 heterocycles. The molecule has 0 fully saturated rings. The number of carbonyl (C=O) groups excluding carboxylic acids is 2. The van der Waals surface area contributed by atoms with Crippen molar-refractivity contribution < 1.29 is 9.59 Å². The van der Waals surface area contributed by atoms with E-state index in [1.54, 1.807) is 25.4 Å². The lowest BCUT2D eigenvalue weighted by Crippen LogP contribution is -2.35. The molecule has 3 aromatic rings. The van der Waals surface area contributed by atoms with Crippen LogP contribution in [0.15, 0.2) is 54.7 Å². The van der Waals surface area contributed by atoms with Gasteiger partial charge >= 0.3 is 0 Å². The SMILES string of the molecule is CNC(=O)c1ccc(CN(C)[C@@H](C)C(=O)c2c[nH]c3ccccc23)cc1. The first-order valence-electron chi connectivity index (χ1n) is 8.63. The standard InChI is InChI=1S/C21H23N3O2/c1-14(20(25)18-12-23-19-7-5-4-6-17(18)19)24(3)13-15-8-10-16(11-9-15)21(26)22-2/h4-12,14,23H,13H2,1-3H3,(H,22,26)/t14-/m0/s1. The number of nitrogens with one attached hydrogen (secondary N) is 2. The van der Waals surface area contributed by atoms with Crippen LogP contribution in [-0.4, -0.2) is 41.7 Å². The van der Waals surface area contributed by atoms with Gasteiger partial charge in [0.2, 0.25) is 0 Å². The van der Waals surface area contributed by atoms with Gasteiger partial charge in [0, 0.05) is 41.8 Å². The van der Waals surface area contributed by atoms with Crippen molar-refractivity contribution >= 4 is 22.6 Å². The Balaban J connectivity index is 1.72. The van der Waals surface area contributed by atoms with Gasteiger partial charge in [-0.3, -0.25) is 14.5 Å². The van der Waals surface area contributed by atoms with Crippen molar-refractivity contribution in [3.63, 3.8) is 0 Å². The number of hydrogen-bond donors (Lipinski definition) is 2. The number of fused-ring (bicyclic) bond motifs is 1. The van der Waals surface area contributed by atoms with Crippen LogP contribution in [0.4, 0.5) is 0 Å². The second-order valence-corrected chi connectivity index (χ2v) is 6.48. The van der Waals surface area contributed by atoms with Crippen LogP contribution in [0.5, 0.6) is 0 Å². The van der Waals surface area contributed by atoms with Gasteiger partial charge in [0.25, 0.3) is 5.91 Å². The number of para-hydroxylation sites is 1. The zero-order valence-electron chi connectivity index (χ0n) is 15.2. The Kier molecular flexibility index (Phi) is 5.19. The summed E-state index contributed by atoms with van der Waals surface area (Å²) in [5.74, 6) is -0.0142. The molecule has 0 unspecified atom stereocenters. The van der Waals surface area contributed by atoms with Crippen molar-refractivity contribution in [2.45, 2.75) is 19.5 Å². The van der Waals surface area contributed by atoms with Gasteiger partial charge in [0.1, 0.15) is 0 Å². The maximum absolute atomic E-state index is 12.9. The van der Waals surface area contributed by atoms with Gasteiger partial charge in [-0.1, -0.05) is 30.3 Å². The van der Waals surface area contributed by atoms with E-state index in [2.05, 4.69) is 10.3 Å². The van der Waals surface area contributed by atoms with Gasteiger partial charge in [-0.2, -0.15) is 0 Å². The molecule has 5 nitrogen and oxygen atoms in total. The van der Waals surface area contributed by atoms with Gasteiger partial charge in [-0.25, -0.2) is 0 Å². The van der Waals surface area contributed by atoms with Crippen LogP contribution in [-0.2, 0) is 6.54 Å². The van der Waals surface area contributed by atoms with E-state index in [-0.39, 0.29) is 17.7 Å². The number of nitrogens with zero attached hydrogens (tertiary/aromatic N) is 1. The summed E-state index contributed by atoms with van der Waals surface area (Å²) >= 11 is 0. The summed E-state index contributed by atoms with van der Waals surface area (Å²) in [5.41, 5.74) is 3.37. The quantitative estimate of drug-likeness (QED) is 0.672. The lowest BCUT2D eigenvalue weighted by Gasteiger charge is -2.23. The highest BCUT2D eigenvalue weighted by Gasteiger charge is 2.22. The lowest BCUT2D eigenvalue weighted by atomic mass is 10.0. The van der Waals surface area contributed by atoms with Crippen molar-refractivity contribution in [1.29, 1.82) is 0 Å². The second-order valence-electron chi connectivity index (χ2n) is 6.48. The third kappa shape index (κ3) is 3.53. The minimum atomic E-state index is -0.257. The molecule has 26 heavy (non-hydrogen) atoms. The molecule has 2 aromatic carbocycles. The van der Waals surface area contributed by atoms with Crippen LogP contribution in [0, 0.1) is 0 Å². The third-order valence-corrected chi connectivity index (χ3v) is 4.77. The number of likely N-dealkylation sites (N-methyl/N-ethyl adjacent to an activating group) is 1. The monoisotopic (exact) mass is 349 g/mol. The van der Waals surface area contributed by atoms with E-state index in [1.165, 1.54) is 0 Å². The maximum atomic E-state index is 12.9. The van der Waals surface area contributed by atoms with E-state index in [1.807, 2.05) is 55.3 Å². The van der Waals surface area contributed by atoms with E-state index in [0.717, 1.165) is 22.0 Å². The Labute approximate surface area is 153 Å². The summed E-state index contributed by atoms with van der Waals surface area (Å²) in [6.45, 7) is 2.55. The fourth-order valence-electron chi connectivity index (χ4n) is 3.03. The molecule has 0 aliphatic carbocycles. The Morgan fingerprint density at radius 3 is 2.50 bits per heavy atom. The number of carbonyl (C=O) groups is 2. The molecular weight excluding hydrogens is 326 g/mol. The van der Waals surface area contributed by atoms with Gasteiger partial charge in [-0.15, -0.1) is 0 Å². The average Bonchev–Trinajstić information content (AvgIpc) is 3.10. The number of aromatic amines is 1. The van der Waals surface area contributed by atoms with Gasteiger partial charge < -0.3 is 10.3 Å². The zero-order valence-corrected chi connectivity index (χ0v) is 15.2. The van der Waals surface area contributed by atoms with Crippen molar-refractivity contribution in [2.24, 2.45) is 0 Å². The summed E-state index contributed by atoms with van der Waals surface area (Å²) in [5, 5.41) is 3.56. The molecule has 134 valence electrons. The molecule has 0 saturated carbocycles. The molecule has 0 saturated heterocycles. The van der Waals surface area contributed by atoms with E-state index >= 15 is 0 Å². The Morgan fingerprint density at radius 1 is 1.12 bits per heavy atom. The van der Waals surface area contributed by atoms with E-state index in [9.17, 15) is 9.59 Å². The molecule has 0 bridgehead atoms. The van der Waals surface area contributed by atoms with Gasteiger partial charge in [0.15, 0.2) is 5.78 Å². The summed E-state index contributed by atoms with van der Waals surface area (Å²) in [6.07, 6.45) is 1.79. The number of aromatic nitrogens is 1. The van der Waals surface area contributed by atoms with Crippen LogP contribution >= 0.6 is 0 Å². The molecule has 0 radical (unpaired) electrons. The van der Waals surface area contributed by atoms with Crippen LogP contribution in [0.25, 0.3) is 10.9 Å². The predicted octanol–water partition coefficient (Wildman–Crippen LogP) is 3.23. The molecular formula is C21H23N3O2. The van der Waals surface area contributed by atoms with Crippen LogP contribution < -0.4 is 5.32 Å². The Morgan fingerprint density at radius 2 is 1.81 bits per heavy atom. The largest absolute Gasteiger partial charge is 0.360 e.